The lowest BCUT2D eigenvalue weighted by Gasteiger charge is -2.08. The maximum absolute atomic E-state index is 12.0. The number of benzene rings is 1. The van der Waals surface area contributed by atoms with Gasteiger partial charge in [-0.15, -0.1) is 0 Å². The summed E-state index contributed by atoms with van der Waals surface area (Å²) in [7, 11) is 0. The highest BCUT2D eigenvalue weighted by Gasteiger charge is 2.33. The third-order valence-corrected chi connectivity index (χ3v) is 4.68. The topological polar surface area (TPSA) is 26.3 Å². The van der Waals surface area contributed by atoms with Crippen molar-refractivity contribution in [1.29, 1.82) is 0 Å². The molecule has 2 nitrogen and oxygen atoms in total. The monoisotopic (exact) mass is 264 g/mol. The van der Waals surface area contributed by atoms with E-state index in [9.17, 15) is 4.79 Å². The van der Waals surface area contributed by atoms with Crippen LogP contribution in [0.5, 0.6) is 5.75 Å². The first kappa shape index (κ1) is 13.5. The Balaban J connectivity index is 0.00000120. The Morgan fingerprint density at radius 2 is 2.33 bits per heavy atom. The van der Waals surface area contributed by atoms with Crippen LogP contribution in [-0.4, -0.2) is 23.4 Å². The van der Waals surface area contributed by atoms with E-state index in [0.717, 1.165) is 30.1 Å². The highest BCUT2D eigenvalue weighted by atomic mass is 32.2. The Labute approximate surface area is 113 Å². The van der Waals surface area contributed by atoms with Crippen molar-refractivity contribution < 1.29 is 9.53 Å². The van der Waals surface area contributed by atoms with Crippen molar-refractivity contribution in [2.24, 2.45) is 5.92 Å². The van der Waals surface area contributed by atoms with Crippen molar-refractivity contribution in [3.8, 4) is 5.75 Å². The van der Waals surface area contributed by atoms with Crippen molar-refractivity contribution in [3.63, 3.8) is 0 Å². The van der Waals surface area contributed by atoms with Gasteiger partial charge in [-0.1, -0.05) is 26.5 Å². The molecule has 3 rings (SSSR count). The number of fused-ring (bicyclic) bond motifs is 1. The number of carbonyl (C=O) groups is 1. The van der Waals surface area contributed by atoms with Crippen molar-refractivity contribution in [3.05, 3.63) is 29.3 Å². The Morgan fingerprint density at radius 3 is 3.06 bits per heavy atom. The van der Waals surface area contributed by atoms with Crippen LogP contribution in [-0.2, 0) is 17.6 Å². The van der Waals surface area contributed by atoms with E-state index in [1.54, 1.807) is 0 Å². The van der Waals surface area contributed by atoms with Gasteiger partial charge in [-0.05, 0) is 17.2 Å². The molecule has 98 valence electrons. The molecule has 2 atom stereocenters. The van der Waals surface area contributed by atoms with Gasteiger partial charge in [-0.25, -0.2) is 0 Å². The molecule has 1 fully saturated rings. The first-order valence-corrected chi connectivity index (χ1v) is 7.18. The van der Waals surface area contributed by atoms with Gasteiger partial charge in [0.1, 0.15) is 11.5 Å². The van der Waals surface area contributed by atoms with Crippen LogP contribution in [0.15, 0.2) is 18.2 Å². The first-order chi connectivity index (χ1) is 8.24. The van der Waals surface area contributed by atoms with Crippen LogP contribution in [0.2, 0.25) is 0 Å². The number of ether oxygens (including phenoxy) is 1. The minimum atomic E-state index is 0. The van der Waals surface area contributed by atoms with Gasteiger partial charge >= 0.3 is 0 Å². The summed E-state index contributed by atoms with van der Waals surface area (Å²) in [6, 6.07) is 6.16. The maximum Gasteiger partial charge on any atom is 0.141 e. The van der Waals surface area contributed by atoms with Crippen LogP contribution in [0.4, 0.5) is 0 Å². The van der Waals surface area contributed by atoms with Crippen LogP contribution in [0.25, 0.3) is 0 Å². The van der Waals surface area contributed by atoms with E-state index in [1.807, 2.05) is 23.9 Å². The van der Waals surface area contributed by atoms with Crippen LogP contribution in [0.3, 0.4) is 0 Å². The second-order valence-corrected chi connectivity index (χ2v) is 6.12. The minimum absolute atomic E-state index is 0. The van der Waals surface area contributed by atoms with Crippen molar-refractivity contribution in [1.82, 2.24) is 0 Å². The minimum Gasteiger partial charge on any atom is -0.493 e. The molecule has 0 spiro atoms. The zero-order chi connectivity index (χ0) is 11.8. The Bertz CT molecular complexity index is 452. The largest absolute Gasteiger partial charge is 0.493 e. The normalized spacial score (nSPS) is 21.5. The van der Waals surface area contributed by atoms with E-state index in [2.05, 4.69) is 13.0 Å². The van der Waals surface area contributed by atoms with E-state index < -0.39 is 0 Å². The molecule has 0 N–H and O–H groups in total. The number of rotatable bonds is 4. The summed E-state index contributed by atoms with van der Waals surface area (Å²) in [6.45, 7) is 2.84. The standard InChI is InChI=1S/C14H16O2S.CH4/c1-9(14-8-17-14)12(15)7-10-2-3-13-11(6-10)4-5-16-13;/h2-3,6,9,14H,4-5,7-8H2,1H3;1H4/t9?,14-;/m0./s1. The number of carbonyl (C=O) groups excluding carboxylic acids is 1. The van der Waals surface area contributed by atoms with E-state index in [-0.39, 0.29) is 13.3 Å². The SMILES string of the molecule is C.CC(C(=O)Cc1ccc2c(c1)CCO2)[C@@H]1CS1. The third-order valence-electron chi connectivity index (χ3n) is 3.56. The predicted octanol–water partition coefficient (Wildman–Crippen LogP) is 3.12. The van der Waals surface area contributed by atoms with Crippen molar-refractivity contribution in [2.45, 2.75) is 32.4 Å². The summed E-state index contributed by atoms with van der Waals surface area (Å²) in [5.74, 6) is 2.74. The number of hydrogen-bond donors (Lipinski definition) is 0. The molecule has 0 radical (unpaired) electrons. The molecular formula is C15H20O2S. The van der Waals surface area contributed by atoms with Gasteiger partial charge in [-0.3, -0.25) is 4.79 Å². The van der Waals surface area contributed by atoms with Gasteiger partial charge in [-0.2, -0.15) is 11.8 Å². The van der Waals surface area contributed by atoms with E-state index in [0.29, 0.717) is 17.5 Å². The quantitative estimate of drug-likeness (QED) is 0.782. The number of hydrogen-bond acceptors (Lipinski definition) is 3. The molecule has 2 aliphatic heterocycles. The zero-order valence-corrected chi connectivity index (χ0v) is 10.8. The number of thioether (sulfide) groups is 1. The number of ketones is 1. The fraction of sp³-hybridized carbons (Fsp3) is 0.533. The van der Waals surface area contributed by atoms with Gasteiger partial charge in [0.05, 0.1) is 6.61 Å². The average molecular weight is 264 g/mol. The van der Waals surface area contributed by atoms with Crippen LogP contribution in [0, 0.1) is 5.92 Å². The molecule has 1 unspecified atom stereocenters. The summed E-state index contributed by atoms with van der Waals surface area (Å²) >= 11 is 1.89. The lowest BCUT2D eigenvalue weighted by atomic mass is 9.96. The zero-order valence-electron chi connectivity index (χ0n) is 9.94. The van der Waals surface area contributed by atoms with E-state index in [1.165, 1.54) is 5.56 Å². The average Bonchev–Trinajstić information content (AvgIpc) is 3.07. The fourth-order valence-corrected chi connectivity index (χ4v) is 3.10. The second kappa shape index (κ2) is 5.35. The van der Waals surface area contributed by atoms with E-state index >= 15 is 0 Å². The highest BCUT2D eigenvalue weighted by molar-refractivity contribution is 8.06. The summed E-state index contributed by atoms with van der Waals surface area (Å²) in [5, 5.41) is 0.584. The Hall–Kier alpha value is -0.960. The van der Waals surface area contributed by atoms with Crippen molar-refractivity contribution >= 4 is 17.5 Å². The molecule has 2 heterocycles. The Morgan fingerprint density at radius 1 is 1.56 bits per heavy atom. The van der Waals surface area contributed by atoms with Gasteiger partial charge in [0.15, 0.2) is 0 Å². The molecular weight excluding hydrogens is 244 g/mol. The molecule has 1 aromatic carbocycles. The van der Waals surface area contributed by atoms with E-state index in [4.69, 9.17) is 4.74 Å². The van der Waals surface area contributed by atoms with Gasteiger partial charge in [0.2, 0.25) is 0 Å². The third kappa shape index (κ3) is 2.72. The molecule has 0 bridgehead atoms. The predicted molar refractivity (Wildman–Crippen MR) is 76.5 cm³/mol. The first-order valence-electron chi connectivity index (χ1n) is 6.13. The summed E-state index contributed by atoms with van der Waals surface area (Å²) in [4.78, 5) is 12.0. The Kier molecular flexibility index (Phi) is 4.00. The smallest absolute Gasteiger partial charge is 0.141 e. The molecule has 1 saturated heterocycles. The van der Waals surface area contributed by atoms with Crippen LogP contribution >= 0.6 is 11.8 Å². The highest BCUT2D eigenvalue weighted by Crippen LogP contribution is 2.37. The molecule has 1 aromatic rings. The number of Topliss-reactive ketones (excluding diaryl/α,β-unsaturated/α-hetero) is 1. The summed E-state index contributed by atoms with van der Waals surface area (Å²) < 4.78 is 5.47. The maximum atomic E-state index is 12.0. The summed E-state index contributed by atoms with van der Waals surface area (Å²) in [5.41, 5.74) is 2.39. The second-order valence-electron chi connectivity index (χ2n) is 4.84. The van der Waals surface area contributed by atoms with Gasteiger partial charge in [0, 0.05) is 29.8 Å². The molecule has 3 heteroatoms. The molecule has 0 amide bonds. The summed E-state index contributed by atoms with van der Waals surface area (Å²) in [6.07, 6.45) is 1.55. The van der Waals surface area contributed by atoms with Crippen molar-refractivity contribution in [2.75, 3.05) is 12.4 Å². The molecule has 0 aliphatic carbocycles. The van der Waals surface area contributed by atoms with Gasteiger partial charge in [0.25, 0.3) is 0 Å². The van der Waals surface area contributed by atoms with Crippen LogP contribution in [0.1, 0.15) is 25.5 Å². The molecule has 0 saturated carbocycles. The lowest BCUT2D eigenvalue weighted by Crippen LogP contribution is -2.18. The fourth-order valence-electron chi connectivity index (χ4n) is 2.26. The lowest BCUT2D eigenvalue weighted by molar-refractivity contribution is -0.121. The van der Waals surface area contributed by atoms with Crippen LogP contribution < -0.4 is 4.74 Å². The molecule has 2 aliphatic rings. The van der Waals surface area contributed by atoms with Gasteiger partial charge < -0.3 is 4.74 Å². The molecule has 18 heavy (non-hydrogen) atoms. The molecule has 0 aromatic heterocycles.